The van der Waals surface area contributed by atoms with E-state index in [4.69, 9.17) is 9.90 Å². The van der Waals surface area contributed by atoms with Crippen LogP contribution >= 0.6 is 0 Å². The van der Waals surface area contributed by atoms with Gasteiger partial charge in [0.1, 0.15) is 5.78 Å². The molecule has 0 bridgehead atoms. The van der Waals surface area contributed by atoms with E-state index in [2.05, 4.69) is 5.32 Å². The topological polar surface area (TPSA) is 66.4 Å². The van der Waals surface area contributed by atoms with Gasteiger partial charge in [-0.1, -0.05) is 0 Å². The molecule has 1 aliphatic heterocycles. The molecule has 0 aromatic heterocycles. The molecule has 2 N–H and O–H groups in total. The van der Waals surface area contributed by atoms with Gasteiger partial charge in [-0.05, 0) is 6.92 Å². The first-order valence-electron chi connectivity index (χ1n) is 3.97. The normalized spacial score (nSPS) is 22.5. The molecule has 0 amide bonds. The van der Waals surface area contributed by atoms with Crippen LogP contribution in [-0.2, 0) is 9.59 Å². The van der Waals surface area contributed by atoms with Gasteiger partial charge in [0, 0.05) is 32.4 Å². The molecule has 1 fully saturated rings. The molecular weight excluding hydrogens is 158 g/mol. The van der Waals surface area contributed by atoms with Crippen molar-refractivity contribution in [2.45, 2.75) is 32.7 Å². The van der Waals surface area contributed by atoms with Crippen molar-refractivity contribution < 1.29 is 14.7 Å². The summed E-state index contributed by atoms with van der Waals surface area (Å²) in [6, 6.07) is 0.413. The van der Waals surface area contributed by atoms with Gasteiger partial charge in [-0.25, -0.2) is 0 Å². The number of rotatable bonds is 0. The lowest BCUT2D eigenvalue weighted by atomic mass is 10.1. The lowest BCUT2D eigenvalue weighted by molar-refractivity contribution is -0.134. The Labute approximate surface area is 72.0 Å². The minimum absolute atomic E-state index is 0.399. The fourth-order valence-corrected chi connectivity index (χ4v) is 0.974. The van der Waals surface area contributed by atoms with Crippen molar-refractivity contribution in [3.8, 4) is 0 Å². The first kappa shape index (κ1) is 11.1. The molecule has 1 atom stereocenters. The molecular formula is C8H15NO3. The second-order valence-electron chi connectivity index (χ2n) is 2.87. The maximum absolute atomic E-state index is 10.6. The molecule has 0 radical (unpaired) electrons. The molecule has 0 saturated carbocycles. The smallest absolute Gasteiger partial charge is 0.300 e. The molecule has 12 heavy (non-hydrogen) atoms. The van der Waals surface area contributed by atoms with Crippen LogP contribution in [0.2, 0.25) is 0 Å². The van der Waals surface area contributed by atoms with Gasteiger partial charge in [0.05, 0.1) is 0 Å². The number of carboxylic acids is 1. The predicted octanol–water partition coefficient (Wildman–Crippen LogP) is 0.418. The Morgan fingerprint density at radius 1 is 1.67 bits per heavy atom. The summed E-state index contributed by atoms with van der Waals surface area (Å²) in [5, 5.41) is 10.6. The number of piperidine rings is 1. The summed E-state index contributed by atoms with van der Waals surface area (Å²) in [4.78, 5) is 19.6. The van der Waals surface area contributed by atoms with Gasteiger partial charge in [-0.2, -0.15) is 0 Å². The van der Waals surface area contributed by atoms with Gasteiger partial charge in [-0.3, -0.25) is 9.59 Å². The number of ketones is 1. The van der Waals surface area contributed by atoms with Gasteiger partial charge in [0.2, 0.25) is 0 Å². The zero-order chi connectivity index (χ0) is 9.56. The van der Waals surface area contributed by atoms with Crippen LogP contribution in [0.4, 0.5) is 0 Å². The quantitative estimate of drug-likeness (QED) is 0.557. The lowest BCUT2D eigenvalue weighted by Crippen LogP contribution is -2.35. The molecule has 0 aromatic carbocycles. The van der Waals surface area contributed by atoms with Crippen molar-refractivity contribution in [2.24, 2.45) is 0 Å². The summed E-state index contributed by atoms with van der Waals surface area (Å²) in [5.41, 5.74) is 0. The number of carbonyl (C=O) groups is 2. The Bertz CT molecular complexity index is 164. The third-order valence-corrected chi connectivity index (χ3v) is 1.43. The number of carboxylic acid groups (broad SMARTS) is 1. The second-order valence-corrected chi connectivity index (χ2v) is 2.87. The van der Waals surface area contributed by atoms with Crippen LogP contribution in [0.15, 0.2) is 0 Å². The van der Waals surface area contributed by atoms with Gasteiger partial charge in [0.25, 0.3) is 5.97 Å². The predicted molar refractivity (Wildman–Crippen MR) is 45.0 cm³/mol. The Hall–Kier alpha value is -0.900. The first-order chi connectivity index (χ1) is 5.52. The van der Waals surface area contributed by atoms with Crippen LogP contribution < -0.4 is 5.32 Å². The minimum atomic E-state index is -0.833. The molecule has 4 heteroatoms. The van der Waals surface area contributed by atoms with E-state index in [1.807, 2.05) is 6.92 Å². The minimum Gasteiger partial charge on any atom is -0.481 e. The van der Waals surface area contributed by atoms with Crippen molar-refractivity contribution in [3.63, 3.8) is 0 Å². The van der Waals surface area contributed by atoms with Gasteiger partial charge >= 0.3 is 0 Å². The van der Waals surface area contributed by atoms with Crippen LogP contribution in [0.1, 0.15) is 26.7 Å². The highest BCUT2D eigenvalue weighted by atomic mass is 16.4. The van der Waals surface area contributed by atoms with Crippen LogP contribution in [-0.4, -0.2) is 29.4 Å². The lowest BCUT2D eigenvalue weighted by Gasteiger charge is -2.17. The Morgan fingerprint density at radius 2 is 2.17 bits per heavy atom. The Morgan fingerprint density at radius 3 is 2.42 bits per heavy atom. The van der Waals surface area contributed by atoms with Crippen LogP contribution in [0.25, 0.3) is 0 Å². The third-order valence-electron chi connectivity index (χ3n) is 1.43. The number of hydrogen-bond acceptors (Lipinski definition) is 3. The van der Waals surface area contributed by atoms with Crippen LogP contribution in [0, 0.1) is 0 Å². The zero-order valence-electron chi connectivity index (χ0n) is 7.46. The van der Waals surface area contributed by atoms with Crippen molar-refractivity contribution in [1.29, 1.82) is 0 Å². The summed E-state index contributed by atoms with van der Waals surface area (Å²) < 4.78 is 0. The fourth-order valence-electron chi connectivity index (χ4n) is 0.974. The van der Waals surface area contributed by atoms with Gasteiger partial charge in [-0.15, -0.1) is 0 Å². The van der Waals surface area contributed by atoms with E-state index in [0.29, 0.717) is 11.8 Å². The number of carbonyl (C=O) groups excluding carboxylic acids is 1. The highest BCUT2D eigenvalue weighted by Crippen LogP contribution is 2.00. The van der Waals surface area contributed by atoms with Crippen molar-refractivity contribution in [3.05, 3.63) is 0 Å². The number of hydrogen-bond donors (Lipinski definition) is 2. The van der Waals surface area contributed by atoms with Crippen molar-refractivity contribution in [1.82, 2.24) is 5.32 Å². The SMILES string of the molecule is CC(=O)O.C[C@@H]1CC(=O)CCN1. The molecule has 0 unspecified atom stereocenters. The van der Waals surface area contributed by atoms with Crippen LogP contribution in [0.5, 0.6) is 0 Å². The Balaban J connectivity index is 0.000000261. The number of aliphatic carboxylic acids is 1. The molecule has 0 aliphatic carbocycles. The average Bonchev–Trinajstić information content (AvgIpc) is 1.84. The summed E-state index contributed by atoms with van der Waals surface area (Å²) >= 11 is 0. The Kier molecular flexibility index (Phi) is 5.28. The van der Waals surface area contributed by atoms with E-state index in [1.165, 1.54) is 0 Å². The molecule has 1 rings (SSSR count). The average molecular weight is 173 g/mol. The summed E-state index contributed by atoms with van der Waals surface area (Å²) in [6.07, 6.45) is 1.45. The van der Waals surface area contributed by atoms with E-state index in [1.54, 1.807) is 0 Å². The highest BCUT2D eigenvalue weighted by molar-refractivity contribution is 5.79. The van der Waals surface area contributed by atoms with Crippen LogP contribution in [0.3, 0.4) is 0 Å². The highest BCUT2D eigenvalue weighted by Gasteiger charge is 2.13. The van der Waals surface area contributed by atoms with E-state index < -0.39 is 5.97 Å². The number of nitrogens with one attached hydrogen (secondary N) is 1. The second kappa shape index (κ2) is 5.71. The number of Topliss-reactive ketones (excluding diaryl/α,β-unsaturated/α-hetero) is 1. The standard InChI is InChI=1S/C6H11NO.C2H4O2/c1-5-4-6(8)2-3-7-5;1-2(3)4/h5,7H,2-4H2,1H3;1H3,(H,3,4)/t5-;/m1./s1. The van der Waals surface area contributed by atoms with E-state index in [9.17, 15) is 4.79 Å². The largest absolute Gasteiger partial charge is 0.481 e. The van der Waals surface area contributed by atoms with E-state index in [0.717, 1.165) is 26.3 Å². The van der Waals surface area contributed by atoms with Crippen molar-refractivity contribution >= 4 is 11.8 Å². The first-order valence-corrected chi connectivity index (χ1v) is 3.97. The van der Waals surface area contributed by atoms with Gasteiger partial charge < -0.3 is 10.4 Å². The maximum Gasteiger partial charge on any atom is 0.300 e. The van der Waals surface area contributed by atoms with Crippen molar-refractivity contribution in [2.75, 3.05) is 6.54 Å². The molecule has 70 valence electrons. The fraction of sp³-hybridized carbons (Fsp3) is 0.750. The molecule has 4 nitrogen and oxygen atoms in total. The molecule has 0 spiro atoms. The summed E-state index contributed by atoms with van der Waals surface area (Å²) in [7, 11) is 0. The monoisotopic (exact) mass is 173 g/mol. The maximum atomic E-state index is 10.6. The van der Waals surface area contributed by atoms with E-state index in [-0.39, 0.29) is 0 Å². The summed E-state index contributed by atoms with van der Waals surface area (Å²) in [6.45, 7) is 4.00. The zero-order valence-corrected chi connectivity index (χ0v) is 7.46. The molecule has 1 aliphatic rings. The molecule has 0 aromatic rings. The molecule has 1 heterocycles. The summed E-state index contributed by atoms with van der Waals surface area (Å²) in [5.74, 6) is -0.434. The third kappa shape index (κ3) is 7.21. The van der Waals surface area contributed by atoms with Gasteiger partial charge in [0.15, 0.2) is 0 Å². The van der Waals surface area contributed by atoms with E-state index >= 15 is 0 Å². The molecule has 1 saturated heterocycles.